The fourth-order valence-electron chi connectivity index (χ4n) is 0.980. The van der Waals surface area contributed by atoms with Gasteiger partial charge in [0.25, 0.3) is 0 Å². The molecule has 2 N–H and O–H groups in total. The monoisotopic (exact) mass is 157 g/mol. The van der Waals surface area contributed by atoms with Crippen LogP contribution in [-0.2, 0) is 0 Å². The third-order valence-corrected chi connectivity index (χ3v) is 1.66. The Balaban J connectivity index is 4.27. The molecule has 0 amide bonds. The molecule has 0 aliphatic carbocycles. The third-order valence-electron chi connectivity index (χ3n) is 1.66. The molecular formula is C9H19NO. The van der Waals surface area contributed by atoms with Crippen molar-refractivity contribution < 1.29 is 5.11 Å². The second kappa shape index (κ2) is 5.05. The molecular weight excluding hydrogens is 138 g/mol. The van der Waals surface area contributed by atoms with E-state index in [4.69, 9.17) is 0 Å². The number of aliphatic hydroxyl groups is 1. The van der Waals surface area contributed by atoms with Gasteiger partial charge >= 0.3 is 0 Å². The van der Waals surface area contributed by atoms with E-state index in [1.807, 2.05) is 20.9 Å². The van der Waals surface area contributed by atoms with E-state index in [-0.39, 0.29) is 5.92 Å². The lowest BCUT2D eigenvalue weighted by atomic mass is 10.1. The Labute approximate surface area is 69.3 Å². The van der Waals surface area contributed by atoms with Gasteiger partial charge in [-0.1, -0.05) is 27.2 Å². The van der Waals surface area contributed by atoms with E-state index in [2.05, 4.69) is 12.2 Å². The van der Waals surface area contributed by atoms with Crippen LogP contribution in [0.3, 0.4) is 0 Å². The van der Waals surface area contributed by atoms with Crippen LogP contribution in [0.1, 0.15) is 33.6 Å². The third kappa shape index (κ3) is 3.30. The van der Waals surface area contributed by atoms with Gasteiger partial charge in [-0.2, -0.15) is 0 Å². The minimum Gasteiger partial charge on any atom is -0.510 e. The molecule has 0 aliphatic rings. The smallest absolute Gasteiger partial charge is 0.114 e. The molecule has 0 atom stereocenters. The molecule has 0 aliphatic heterocycles. The Bertz CT molecular complexity index is 138. The van der Waals surface area contributed by atoms with Gasteiger partial charge in [0.1, 0.15) is 5.76 Å². The first-order valence-electron chi connectivity index (χ1n) is 4.23. The fourth-order valence-corrected chi connectivity index (χ4v) is 0.980. The average Bonchev–Trinajstić information content (AvgIpc) is 1.98. The van der Waals surface area contributed by atoms with Gasteiger partial charge in [0.2, 0.25) is 0 Å². The summed E-state index contributed by atoms with van der Waals surface area (Å²) >= 11 is 0. The quantitative estimate of drug-likeness (QED) is 0.614. The summed E-state index contributed by atoms with van der Waals surface area (Å²) in [5, 5.41) is 12.5. The maximum Gasteiger partial charge on any atom is 0.114 e. The van der Waals surface area contributed by atoms with E-state index in [1.165, 1.54) is 0 Å². The van der Waals surface area contributed by atoms with E-state index in [0.717, 1.165) is 18.5 Å². The maximum absolute atomic E-state index is 9.53. The topological polar surface area (TPSA) is 32.3 Å². The molecule has 0 aromatic heterocycles. The summed E-state index contributed by atoms with van der Waals surface area (Å²) in [5.74, 6) is 0.721. The second-order valence-corrected chi connectivity index (χ2v) is 3.02. The molecule has 0 radical (unpaired) electrons. The van der Waals surface area contributed by atoms with Gasteiger partial charge in [-0.15, -0.1) is 0 Å². The highest BCUT2D eigenvalue weighted by molar-refractivity contribution is 5.06. The zero-order valence-corrected chi connectivity index (χ0v) is 7.94. The normalized spacial score (nSPS) is 13.2. The summed E-state index contributed by atoms with van der Waals surface area (Å²) in [6.07, 6.45) is 1.99. The van der Waals surface area contributed by atoms with Crippen molar-refractivity contribution in [1.82, 2.24) is 5.32 Å². The molecule has 66 valence electrons. The second-order valence-electron chi connectivity index (χ2n) is 3.02. The summed E-state index contributed by atoms with van der Waals surface area (Å²) in [7, 11) is 1.85. The lowest BCUT2D eigenvalue weighted by Gasteiger charge is -2.11. The van der Waals surface area contributed by atoms with Gasteiger partial charge in [-0.25, -0.2) is 0 Å². The minimum absolute atomic E-state index is 0.226. The Morgan fingerprint density at radius 3 is 2.27 bits per heavy atom. The zero-order valence-electron chi connectivity index (χ0n) is 7.94. The number of hydrogen-bond acceptors (Lipinski definition) is 2. The standard InChI is InChI=1S/C9H19NO/c1-5-6-8(10-4)9(11)7(2)3/h7,10-11H,5-6H2,1-4H3/b9-8-. The number of aliphatic hydroxyl groups excluding tert-OH is 1. The van der Waals surface area contributed by atoms with Crippen LogP contribution in [0.5, 0.6) is 0 Å². The molecule has 0 bridgehead atoms. The summed E-state index contributed by atoms with van der Waals surface area (Å²) in [6, 6.07) is 0. The molecule has 0 heterocycles. The van der Waals surface area contributed by atoms with Gasteiger partial charge in [-0.05, 0) is 6.42 Å². The molecule has 0 rings (SSSR count). The predicted octanol–water partition coefficient (Wildman–Crippen LogP) is 2.43. The van der Waals surface area contributed by atoms with Crippen molar-refractivity contribution in [2.75, 3.05) is 7.05 Å². The van der Waals surface area contributed by atoms with Crippen molar-refractivity contribution in [2.24, 2.45) is 5.92 Å². The van der Waals surface area contributed by atoms with Gasteiger partial charge in [0.15, 0.2) is 0 Å². The van der Waals surface area contributed by atoms with Gasteiger partial charge in [-0.3, -0.25) is 0 Å². The maximum atomic E-state index is 9.53. The molecule has 0 unspecified atom stereocenters. The van der Waals surface area contributed by atoms with Crippen molar-refractivity contribution in [3.63, 3.8) is 0 Å². The molecule has 0 spiro atoms. The summed E-state index contributed by atoms with van der Waals surface area (Å²) in [6.45, 7) is 6.08. The molecule has 0 aromatic rings. The highest BCUT2D eigenvalue weighted by Gasteiger charge is 2.06. The number of nitrogens with one attached hydrogen (secondary N) is 1. The molecule has 0 aromatic carbocycles. The number of allylic oxidation sites excluding steroid dienone is 2. The average molecular weight is 157 g/mol. The molecule has 2 nitrogen and oxygen atoms in total. The highest BCUT2D eigenvalue weighted by Crippen LogP contribution is 2.13. The largest absolute Gasteiger partial charge is 0.510 e. The number of hydrogen-bond donors (Lipinski definition) is 2. The Morgan fingerprint density at radius 1 is 1.45 bits per heavy atom. The van der Waals surface area contributed by atoms with Crippen molar-refractivity contribution >= 4 is 0 Å². The highest BCUT2D eigenvalue weighted by atomic mass is 16.3. The molecule has 0 fully saturated rings. The predicted molar refractivity (Wildman–Crippen MR) is 48.5 cm³/mol. The minimum atomic E-state index is 0.226. The fraction of sp³-hybridized carbons (Fsp3) is 0.778. The van der Waals surface area contributed by atoms with E-state index >= 15 is 0 Å². The molecule has 2 heteroatoms. The Morgan fingerprint density at radius 2 is 2.00 bits per heavy atom. The molecule has 0 saturated carbocycles. The van der Waals surface area contributed by atoms with Gasteiger partial charge < -0.3 is 10.4 Å². The van der Waals surface area contributed by atoms with Crippen molar-refractivity contribution in [2.45, 2.75) is 33.6 Å². The summed E-state index contributed by atoms with van der Waals surface area (Å²) in [4.78, 5) is 0. The first kappa shape index (κ1) is 10.3. The van der Waals surface area contributed by atoms with E-state index in [1.54, 1.807) is 0 Å². The molecule has 0 saturated heterocycles. The lowest BCUT2D eigenvalue weighted by molar-refractivity contribution is 0.337. The summed E-state index contributed by atoms with van der Waals surface area (Å²) in [5.41, 5.74) is 0.975. The van der Waals surface area contributed by atoms with Crippen LogP contribution < -0.4 is 5.32 Å². The van der Waals surface area contributed by atoms with Crippen molar-refractivity contribution in [1.29, 1.82) is 0 Å². The van der Waals surface area contributed by atoms with Crippen LogP contribution in [0.4, 0.5) is 0 Å². The van der Waals surface area contributed by atoms with E-state index in [0.29, 0.717) is 5.76 Å². The molecule has 11 heavy (non-hydrogen) atoms. The van der Waals surface area contributed by atoms with Crippen molar-refractivity contribution in [3.05, 3.63) is 11.5 Å². The lowest BCUT2D eigenvalue weighted by Crippen LogP contribution is -2.11. The van der Waals surface area contributed by atoms with Crippen LogP contribution in [0, 0.1) is 5.92 Å². The van der Waals surface area contributed by atoms with Gasteiger partial charge in [0.05, 0.1) is 0 Å². The van der Waals surface area contributed by atoms with Crippen LogP contribution in [-0.4, -0.2) is 12.2 Å². The van der Waals surface area contributed by atoms with Gasteiger partial charge in [0, 0.05) is 18.7 Å². The Kier molecular flexibility index (Phi) is 4.75. The zero-order chi connectivity index (χ0) is 8.85. The Hall–Kier alpha value is -0.660. The van der Waals surface area contributed by atoms with Crippen LogP contribution in [0.2, 0.25) is 0 Å². The van der Waals surface area contributed by atoms with Crippen LogP contribution in [0.25, 0.3) is 0 Å². The number of rotatable bonds is 4. The SMILES string of the molecule is CCC/C(NC)=C(/O)C(C)C. The summed E-state index contributed by atoms with van der Waals surface area (Å²) < 4.78 is 0. The van der Waals surface area contributed by atoms with Crippen molar-refractivity contribution in [3.8, 4) is 0 Å². The van der Waals surface area contributed by atoms with E-state index in [9.17, 15) is 5.11 Å². The first-order chi connectivity index (χ1) is 5.13. The van der Waals surface area contributed by atoms with E-state index < -0.39 is 0 Å². The first-order valence-corrected chi connectivity index (χ1v) is 4.23. The van der Waals surface area contributed by atoms with Crippen LogP contribution >= 0.6 is 0 Å². The van der Waals surface area contributed by atoms with Crippen LogP contribution in [0.15, 0.2) is 11.5 Å².